The Labute approximate surface area is 165 Å². The molecule has 1 fully saturated rings. The van der Waals surface area contributed by atoms with Crippen molar-refractivity contribution in [1.82, 2.24) is 9.88 Å². The molecule has 0 N–H and O–H groups in total. The van der Waals surface area contributed by atoms with Crippen LogP contribution in [0.5, 0.6) is 0 Å². The Morgan fingerprint density at radius 3 is 2.54 bits per heavy atom. The van der Waals surface area contributed by atoms with Gasteiger partial charge in [-0.25, -0.2) is 0 Å². The van der Waals surface area contributed by atoms with E-state index in [1.54, 1.807) is 0 Å². The highest BCUT2D eigenvalue weighted by molar-refractivity contribution is 6.01. The number of likely N-dealkylation sites (tertiary alicyclic amines) is 1. The lowest BCUT2D eigenvalue weighted by Gasteiger charge is -2.25. The number of furan rings is 1. The summed E-state index contributed by atoms with van der Waals surface area (Å²) < 4.78 is 6.40. The predicted octanol–water partition coefficient (Wildman–Crippen LogP) is 5.12. The van der Waals surface area contributed by atoms with Crippen molar-refractivity contribution in [2.24, 2.45) is 0 Å². The van der Waals surface area contributed by atoms with Gasteiger partial charge in [-0.1, -0.05) is 18.6 Å². The van der Waals surface area contributed by atoms with E-state index in [9.17, 15) is 4.79 Å². The van der Waals surface area contributed by atoms with Gasteiger partial charge in [-0.2, -0.15) is 0 Å². The molecule has 2 aromatic heterocycles. The number of hydrogen-bond donors (Lipinski definition) is 0. The van der Waals surface area contributed by atoms with Crippen LogP contribution in [0.15, 0.2) is 53.2 Å². The summed E-state index contributed by atoms with van der Waals surface area (Å²) in [6.45, 7) is 3.13. The van der Waals surface area contributed by atoms with E-state index in [0.717, 1.165) is 65.4 Å². The Hall–Kier alpha value is -2.72. The van der Waals surface area contributed by atoms with E-state index in [2.05, 4.69) is 22.0 Å². The van der Waals surface area contributed by atoms with E-state index in [1.807, 2.05) is 36.7 Å². The SMILES string of the molecule is O=C1CCc2cc(-c3oc(CN4CCCCC4)cc3-c3ccncc3)ccc21. The molecule has 1 saturated heterocycles. The number of carbonyl (C=O) groups is 1. The first-order valence-corrected chi connectivity index (χ1v) is 10.2. The molecule has 1 aromatic carbocycles. The molecular formula is C24H24N2O2. The first-order chi connectivity index (χ1) is 13.8. The summed E-state index contributed by atoms with van der Waals surface area (Å²) in [7, 11) is 0. The lowest BCUT2D eigenvalue weighted by atomic mass is 9.99. The minimum atomic E-state index is 0.251. The molecule has 4 heteroatoms. The maximum atomic E-state index is 12.0. The molecule has 0 spiro atoms. The Morgan fingerprint density at radius 2 is 1.71 bits per heavy atom. The van der Waals surface area contributed by atoms with Gasteiger partial charge < -0.3 is 4.42 Å². The average molecular weight is 372 g/mol. The molecule has 5 rings (SSSR count). The van der Waals surface area contributed by atoms with Crippen molar-refractivity contribution in [2.45, 2.75) is 38.6 Å². The van der Waals surface area contributed by atoms with Crippen LogP contribution in [0.25, 0.3) is 22.5 Å². The summed E-state index contributed by atoms with van der Waals surface area (Å²) >= 11 is 0. The molecule has 0 radical (unpaired) electrons. The van der Waals surface area contributed by atoms with Gasteiger partial charge in [0.05, 0.1) is 6.54 Å². The van der Waals surface area contributed by atoms with Crippen LogP contribution in [0.4, 0.5) is 0 Å². The first-order valence-electron chi connectivity index (χ1n) is 10.2. The largest absolute Gasteiger partial charge is 0.459 e. The van der Waals surface area contributed by atoms with E-state index in [0.29, 0.717) is 6.42 Å². The molecule has 142 valence electrons. The predicted molar refractivity (Wildman–Crippen MR) is 109 cm³/mol. The summed E-state index contributed by atoms with van der Waals surface area (Å²) in [6, 6.07) is 12.3. The van der Waals surface area contributed by atoms with E-state index >= 15 is 0 Å². The third kappa shape index (κ3) is 3.29. The number of piperidine rings is 1. The van der Waals surface area contributed by atoms with Gasteiger partial charge in [0, 0.05) is 35.5 Å². The molecule has 1 aliphatic heterocycles. The lowest BCUT2D eigenvalue weighted by Crippen LogP contribution is -2.28. The number of fused-ring (bicyclic) bond motifs is 1. The van der Waals surface area contributed by atoms with Crippen molar-refractivity contribution in [2.75, 3.05) is 13.1 Å². The zero-order chi connectivity index (χ0) is 18.9. The van der Waals surface area contributed by atoms with Gasteiger partial charge >= 0.3 is 0 Å². The second kappa shape index (κ2) is 7.36. The number of aromatic nitrogens is 1. The lowest BCUT2D eigenvalue weighted by molar-refractivity contribution is 0.0994. The number of ketones is 1. The molecule has 0 unspecified atom stereocenters. The van der Waals surface area contributed by atoms with Crippen LogP contribution < -0.4 is 0 Å². The number of hydrogen-bond acceptors (Lipinski definition) is 4. The number of carbonyl (C=O) groups excluding carboxylic acids is 1. The fourth-order valence-electron chi connectivity index (χ4n) is 4.41. The minimum Gasteiger partial charge on any atom is -0.459 e. The van der Waals surface area contributed by atoms with Crippen LogP contribution in [0, 0.1) is 0 Å². The van der Waals surface area contributed by atoms with E-state index in [-0.39, 0.29) is 5.78 Å². The zero-order valence-electron chi connectivity index (χ0n) is 16.0. The van der Waals surface area contributed by atoms with Crippen LogP contribution in [-0.4, -0.2) is 28.8 Å². The highest BCUT2D eigenvalue weighted by Gasteiger charge is 2.22. The normalized spacial score (nSPS) is 17.1. The summed E-state index contributed by atoms with van der Waals surface area (Å²) in [4.78, 5) is 18.6. The van der Waals surface area contributed by atoms with Crippen LogP contribution in [0.1, 0.15) is 47.4 Å². The van der Waals surface area contributed by atoms with E-state index < -0.39 is 0 Å². The number of Topliss-reactive ketones (excluding diaryl/α,β-unsaturated/α-hetero) is 1. The molecule has 1 aliphatic carbocycles. The molecule has 3 heterocycles. The summed E-state index contributed by atoms with van der Waals surface area (Å²) in [5.41, 5.74) is 5.26. The summed E-state index contributed by atoms with van der Waals surface area (Å²) in [6.07, 6.45) is 8.95. The van der Waals surface area contributed by atoms with E-state index in [1.165, 1.54) is 19.3 Å². The number of rotatable bonds is 4. The monoisotopic (exact) mass is 372 g/mol. The van der Waals surface area contributed by atoms with Gasteiger partial charge in [-0.15, -0.1) is 0 Å². The smallest absolute Gasteiger partial charge is 0.163 e. The number of benzene rings is 1. The first kappa shape index (κ1) is 17.4. The topological polar surface area (TPSA) is 46.3 Å². The summed E-state index contributed by atoms with van der Waals surface area (Å²) in [5, 5.41) is 0. The Kier molecular flexibility index (Phi) is 4.57. The van der Waals surface area contributed by atoms with E-state index in [4.69, 9.17) is 4.42 Å². The van der Waals surface area contributed by atoms with Crippen LogP contribution in [-0.2, 0) is 13.0 Å². The van der Waals surface area contributed by atoms with Crippen molar-refractivity contribution < 1.29 is 9.21 Å². The number of pyridine rings is 1. The van der Waals surface area contributed by atoms with Crippen LogP contribution >= 0.6 is 0 Å². The summed E-state index contributed by atoms with van der Waals surface area (Å²) in [5.74, 6) is 2.14. The molecular weight excluding hydrogens is 348 g/mol. The van der Waals surface area contributed by atoms with Gasteiger partial charge in [-0.3, -0.25) is 14.7 Å². The maximum absolute atomic E-state index is 12.0. The van der Waals surface area contributed by atoms with Gasteiger partial charge in [0.25, 0.3) is 0 Å². The van der Waals surface area contributed by atoms with Crippen molar-refractivity contribution in [3.05, 3.63) is 65.7 Å². The van der Waals surface area contributed by atoms with Gasteiger partial charge in [-0.05, 0) is 67.7 Å². The molecule has 0 saturated carbocycles. The molecule has 0 atom stereocenters. The quantitative estimate of drug-likeness (QED) is 0.637. The van der Waals surface area contributed by atoms with Gasteiger partial charge in [0.2, 0.25) is 0 Å². The number of nitrogens with zero attached hydrogens (tertiary/aromatic N) is 2. The average Bonchev–Trinajstić information content (AvgIpc) is 3.33. The van der Waals surface area contributed by atoms with Crippen molar-refractivity contribution >= 4 is 5.78 Å². The Morgan fingerprint density at radius 1 is 0.893 bits per heavy atom. The Bertz CT molecular complexity index is 1000. The molecule has 4 nitrogen and oxygen atoms in total. The molecule has 28 heavy (non-hydrogen) atoms. The molecule has 0 bridgehead atoms. The fraction of sp³-hybridized carbons (Fsp3) is 0.333. The van der Waals surface area contributed by atoms with Crippen molar-refractivity contribution in [3.63, 3.8) is 0 Å². The number of aryl methyl sites for hydroxylation is 1. The highest BCUT2D eigenvalue weighted by atomic mass is 16.3. The second-order valence-corrected chi connectivity index (χ2v) is 7.82. The minimum absolute atomic E-state index is 0.251. The Balaban J connectivity index is 1.54. The fourth-order valence-corrected chi connectivity index (χ4v) is 4.41. The standard InChI is InChI=1S/C24H24N2O2/c27-23-7-5-18-14-19(4-6-21(18)23)24-22(17-8-10-25-11-9-17)15-20(28-24)16-26-12-2-1-3-13-26/h4,6,8-11,14-15H,1-3,5,7,12-13,16H2. The van der Waals surface area contributed by atoms with Crippen molar-refractivity contribution in [1.29, 1.82) is 0 Å². The third-order valence-corrected chi connectivity index (χ3v) is 5.89. The van der Waals surface area contributed by atoms with Crippen LogP contribution in [0.3, 0.4) is 0 Å². The third-order valence-electron chi connectivity index (χ3n) is 5.89. The maximum Gasteiger partial charge on any atom is 0.163 e. The zero-order valence-corrected chi connectivity index (χ0v) is 16.0. The van der Waals surface area contributed by atoms with Crippen molar-refractivity contribution in [3.8, 4) is 22.5 Å². The molecule has 3 aromatic rings. The second-order valence-electron chi connectivity index (χ2n) is 7.82. The molecule has 0 amide bonds. The van der Waals surface area contributed by atoms with Crippen LogP contribution in [0.2, 0.25) is 0 Å². The molecule has 2 aliphatic rings. The van der Waals surface area contributed by atoms with Gasteiger partial charge in [0.1, 0.15) is 11.5 Å². The highest BCUT2D eigenvalue weighted by Crippen LogP contribution is 2.37. The van der Waals surface area contributed by atoms with Gasteiger partial charge in [0.15, 0.2) is 5.78 Å².